The number of carbonyl (C=O) groups excluding carboxylic acids is 2. The number of nitrogens with one attached hydrogen (secondary N) is 2. The standard InChI is InChI=1S/C20H29N3O3S/c1-19(5-3-6-19)22-18(25)16-12-14-15(27-16)4-11-26-20(14)7-9-23(10-8-20)17(24)13-21-2/h12,21H,3-11,13H2,1-2H3,(H,22,25). The highest BCUT2D eigenvalue weighted by molar-refractivity contribution is 7.14. The van der Waals surface area contributed by atoms with Gasteiger partial charge in [0.05, 0.1) is 23.6 Å². The van der Waals surface area contributed by atoms with Gasteiger partial charge in [-0.1, -0.05) is 0 Å². The summed E-state index contributed by atoms with van der Waals surface area (Å²) in [5.41, 5.74) is 0.817. The van der Waals surface area contributed by atoms with Gasteiger partial charge in [0.1, 0.15) is 0 Å². The number of hydrogen-bond donors (Lipinski definition) is 2. The first-order valence-corrected chi connectivity index (χ1v) is 10.8. The molecule has 4 rings (SSSR count). The van der Waals surface area contributed by atoms with Crippen molar-refractivity contribution in [3.63, 3.8) is 0 Å². The Hall–Kier alpha value is -1.44. The number of likely N-dealkylation sites (N-methyl/N-ethyl adjacent to an activating group) is 1. The molecule has 0 bridgehead atoms. The lowest BCUT2D eigenvalue weighted by molar-refractivity contribution is -0.139. The fourth-order valence-corrected chi connectivity index (χ4v) is 5.62. The van der Waals surface area contributed by atoms with E-state index in [2.05, 4.69) is 23.6 Å². The molecular formula is C20H29N3O3S. The van der Waals surface area contributed by atoms with E-state index in [-0.39, 0.29) is 23.0 Å². The number of ether oxygens (including phenoxy) is 1. The second-order valence-electron chi connectivity index (χ2n) is 8.32. The van der Waals surface area contributed by atoms with Crippen LogP contribution in [0.3, 0.4) is 0 Å². The Morgan fingerprint density at radius 3 is 2.63 bits per heavy atom. The molecule has 1 aliphatic carbocycles. The topological polar surface area (TPSA) is 70.7 Å². The SMILES string of the molecule is CNCC(=O)N1CCC2(CC1)OCCc1sc(C(=O)NC3(C)CCC3)cc12. The van der Waals surface area contributed by atoms with Gasteiger partial charge in [-0.15, -0.1) is 11.3 Å². The first kappa shape index (κ1) is 18.9. The summed E-state index contributed by atoms with van der Waals surface area (Å²) < 4.78 is 6.27. The van der Waals surface area contributed by atoms with Gasteiger partial charge in [0.25, 0.3) is 5.91 Å². The molecule has 0 unspecified atom stereocenters. The van der Waals surface area contributed by atoms with Crippen LogP contribution in [0.25, 0.3) is 0 Å². The Balaban J connectivity index is 1.50. The Labute approximate surface area is 164 Å². The Morgan fingerprint density at radius 2 is 2.00 bits per heavy atom. The summed E-state index contributed by atoms with van der Waals surface area (Å²) in [4.78, 5) is 28.9. The molecule has 2 aliphatic heterocycles. The number of likely N-dealkylation sites (tertiary alicyclic amines) is 1. The smallest absolute Gasteiger partial charge is 0.261 e. The molecule has 7 heteroatoms. The van der Waals surface area contributed by atoms with Gasteiger partial charge in [0, 0.05) is 29.9 Å². The van der Waals surface area contributed by atoms with Crippen molar-refractivity contribution in [1.29, 1.82) is 0 Å². The van der Waals surface area contributed by atoms with Gasteiger partial charge in [-0.05, 0) is 57.7 Å². The van der Waals surface area contributed by atoms with Gasteiger partial charge in [0.2, 0.25) is 5.91 Å². The van der Waals surface area contributed by atoms with Crippen LogP contribution in [-0.2, 0) is 21.6 Å². The second-order valence-corrected chi connectivity index (χ2v) is 9.46. The molecule has 0 atom stereocenters. The molecule has 1 saturated carbocycles. The van der Waals surface area contributed by atoms with Gasteiger partial charge < -0.3 is 20.3 Å². The van der Waals surface area contributed by atoms with Crippen LogP contribution in [0.15, 0.2) is 6.07 Å². The summed E-state index contributed by atoms with van der Waals surface area (Å²) in [7, 11) is 1.79. The lowest BCUT2D eigenvalue weighted by Crippen LogP contribution is -2.50. The van der Waals surface area contributed by atoms with Gasteiger partial charge in [-0.25, -0.2) is 0 Å². The molecule has 3 heterocycles. The molecule has 27 heavy (non-hydrogen) atoms. The van der Waals surface area contributed by atoms with Crippen LogP contribution in [0.4, 0.5) is 0 Å². The molecule has 2 fully saturated rings. The van der Waals surface area contributed by atoms with E-state index >= 15 is 0 Å². The van der Waals surface area contributed by atoms with E-state index in [1.165, 1.54) is 16.9 Å². The number of piperidine rings is 1. The monoisotopic (exact) mass is 391 g/mol. The summed E-state index contributed by atoms with van der Waals surface area (Å²) in [6, 6.07) is 2.06. The quantitative estimate of drug-likeness (QED) is 0.824. The molecule has 1 aromatic rings. The van der Waals surface area contributed by atoms with E-state index in [1.54, 1.807) is 18.4 Å². The second kappa shape index (κ2) is 7.18. The molecule has 1 spiro atoms. The molecule has 148 valence electrons. The zero-order chi connectivity index (χ0) is 19.1. The van der Waals surface area contributed by atoms with E-state index in [1.807, 2.05) is 4.90 Å². The van der Waals surface area contributed by atoms with Crippen LogP contribution in [0, 0.1) is 0 Å². The third kappa shape index (κ3) is 3.52. The van der Waals surface area contributed by atoms with Crippen molar-refractivity contribution < 1.29 is 14.3 Å². The first-order valence-electron chi connectivity index (χ1n) is 9.97. The van der Waals surface area contributed by atoms with Crippen molar-refractivity contribution in [1.82, 2.24) is 15.5 Å². The minimum Gasteiger partial charge on any atom is -0.370 e. The van der Waals surface area contributed by atoms with Gasteiger partial charge >= 0.3 is 0 Å². The van der Waals surface area contributed by atoms with Crippen molar-refractivity contribution in [3.05, 3.63) is 21.4 Å². The number of thiophene rings is 1. The normalized spacial score (nSPS) is 22.8. The molecule has 3 aliphatic rings. The van der Waals surface area contributed by atoms with E-state index in [0.717, 1.165) is 37.0 Å². The van der Waals surface area contributed by atoms with Crippen LogP contribution in [0.1, 0.15) is 59.1 Å². The molecular weight excluding hydrogens is 362 g/mol. The van der Waals surface area contributed by atoms with E-state index in [4.69, 9.17) is 4.74 Å². The largest absolute Gasteiger partial charge is 0.370 e. The summed E-state index contributed by atoms with van der Waals surface area (Å²) in [5, 5.41) is 6.15. The zero-order valence-corrected chi connectivity index (χ0v) is 17.0. The van der Waals surface area contributed by atoms with Crippen LogP contribution in [0.5, 0.6) is 0 Å². The fourth-order valence-electron chi connectivity index (χ4n) is 4.49. The third-order valence-corrected chi connectivity index (χ3v) is 7.55. The number of rotatable bonds is 4. The average Bonchev–Trinajstić information content (AvgIpc) is 3.07. The van der Waals surface area contributed by atoms with Crippen LogP contribution in [0.2, 0.25) is 0 Å². The molecule has 2 amide bonds. The van der Waals surface area contributed by atoms with E-state index < -0.39 is 0 Å². The minimum absolute atomic E-state index is 0.0330. The Morgan fingerprint density at radius 1 is 1.26 bits per heavy atom. The molecule has 0 aromatic carbocycles. The third-order valence-electron chi connectivity index (χ3n) is 6.36. The van der Waals surface area contributed by atoms with Crippen LogP contribution >= 0.6 is 11.3 Å². The highest BCUT2D eigenvalue weighted by Gasteiger charge is 2.43. The van der Waals surface area contributed by atoms with Crippen molar-refractivity contribution in [2.75, 3.05) is 33.3 Å². The first-order chi connectivity index (χ1) is 12.9. The zero-order valence-electron chi connectivity index (χ0n) is 16.2. The van der Waals surface area contributed by atoms with Crippen molar-refractivity contribution in [2.24, 2.45) is 0 Å². The summed E-state index contributed by atoms with van der Waals surface area (Å²) in [6.07, 6.45) is 5.78. The summed E-state index contributed by atoms with van der Waals surface area (Å²) in [6.45, 7) is 4.60. The van der Waals surface area contributed by atoms with Crippen LogP contribution < -0.4 is 10.6 Å². The average molecular weight is 392 g/mol. The maximum Gasteiger partial charge on any atom is 0.261 e. The van der Waals surface area contributed by atoms with E-state index in [0.29, 0.717) is 26.2 Å². The maximum absolute atomic E-state index is 12.8. The highest BCUT2D eigenvalue weighted by atomic mass is 32.1. The predicted octanol–water partition coefficient (Wildman–Crippen LogP) is 2.03. The molecule has 0 radical (unpaired) electrons. The molecule has 6 nitrogen and oxygen atoms in total. The summed E-state index contributed by atoms with van der Waals surface area (Å²) in [5.74, 6) is 0.191. The highest BCUT2D eigenvalue weighted by Crippen LogP contribution is 2.44. The predicted molar refractivity (Wildman–Crippen MR) is 105 cm³/mol. The maximum atomic E-state index is 12.8. The van der Waals surface area contributed by atoms with Crippen molar-refractivity contribution in [2.45, 2.75) is 56.6 Å². The minimum atomic E-state index is -0.334. The number of fused-ring (bicyclic) bond motifs is 2. The van der Waals surface area contributed by atoms with Gasteiger partial charge in [-0.3, -0.25) is 9.59 Å². The fraction of sp³-hybridized carbons (Fsp3) is 0.700. The van der Waals surface area contributed by atoms with Crippen molar-refractivity contribution >= 4 is 23.2 Å². The van der Waals surface area contributed by atoms with Crippen molar-refractivity contribution in [3.8, 4) is 0 Å². The summed E-state index contributed by atoms with van der Waals surface area (Å²) >= 11 is 1.62. The lowest BCUT2D eigenvalue weighted by atomic mass is 9.78. The molecule has 2 N–H and O–H groups in total. The Bertz CT molecular complexity index is 733. The number of carbonyl (C=O) groups is 2. The van der Waals surface area contributed by atoms with Gasteiger partial charge in [-0.2, -0.15) is 0 Å². The van der Waals surface area contributed by atoms with Crippen LogP contribution in [-0.4, -0.2) is 55.5 Å². The molecule has 1 saturated heterocycles. The number of hydrogen-bond acceptors (Lipinski definition) is 5. The Kier molecular flexibility index (Phi) is 5.03. The number of nitrogens with zero attached hydrogens (tertiary/aromatic N) is 1. The number of amides is 2. The molecule has 1 aromatic heterocycles. The van der Waals surface area contributed by atoms with Gasteiger partial charge in [0.15, 0.2) is 0 Å². The lowest BCUT2D eigenvalue weighted by Gasteiger charge is -2.44. The van der Waals surface area contributed by atoms with E-state index in [9.17, 15) is 9.59 Å².